The van der Waals surface area contributed by atoms with E-state index < -0.39 is 18.0 Å². The number of carbonyl (C=O) groups excluding carboxylic acids is 2. The number of rotatable bonds is 7. The number of aliphatic carboxylic acids is 1. The van der Waals surface area contributed by atoms with Gasteiger partial charge in [-0.2, -0.15) is 0 Å². The van der Waals surface area contributed by atoms with Gasteiger partial charge in [-0.3, -0.25) is 14.9 Å². The van der Waals surface area contributed by atoms with Gasteiger partial charge in [-0.1, -0.05) is 55.5 Å². The molecule has 2 amide bonds. The lowest BCUT2D eigenvalue weighted by atomic mass is 9.98. The third-order valence-electron chi connectivity index (χ3n) is 6.06. The number of benzene rings is 3. The van der Waals surface area contributed by atoms with Gasteiger partial charge in [-0.25, -0.2) is 4.79 Å². The molecule has 0 saturated carbocycles. The van der Waals surface area contributed by atoms with Gasteiger partial charge in [0, 0.05) is 23.7 Å². The molecular weight excluding hydrogens is 432 g/mol. The van der Waals surface area contributed by atoms with E-state index in [1.807, 2.05) is 24.3 Å². The van der Waals surface area contributed by atoms with Crippen molar-refractivity contribution in [1.29, 1.82) is 0 Å². The number of anilines is 1. The van der Waals surface area contributed by atoms with Crippen molar-refractivity contribution in [3.8, 4) is 11.1 Å². The van der Waals surface area contributed by atoms with Crippen LogP contribution in [0.5, 0.6) is 0 Å². The lowest BCUT2D eigenvalue weighted by molar-refractivity contribution is -0.140. The van der Waals surface area contributed by atoms with E-state index >= 15 is 0 Å². The molecule has 0 radical (unpaired) electrons. The Labute approximate surface area is 197 Å². The van der Waals surface area contributed by atoms with Gasteiger partial charge in [0.25, 0.3) is 5.91 Å². The molecule has 0 aromatic heterocycles. The lowest BCUT2D eigenvalue weighted by Crippen LogP contribution is -2.31. The van der Waals surface area contributed by atoms with Crippen LogP contribution in [0.2, 0.25) is 0 Å². The molecule has 7 heteroatoms. The van der Waals surface area contributed by atoms with E-state index in [1.165, 1.54) is 6.92 Å². The second-order valence-electron chi connectivity index (χ2n) is 8.43. The molecular formula is C27H26N2O5. The number of carboxylic acid groups (broad SMARTS) is 1. The zero-order valence-corrected chi connectivity index (χ0v) is 19.0. The first-order valence-electron chi connectivity index (χ1n) is 11.1. The SMILES string of the molecule is Cc1cc(C(=O)NCC(C)C(=O)O)ccc1NC(=O)OCC1c2ccccc2-c2ccccc21. The van der Waals surface area contributed by atoms with E-state index in [9.17, 15) is 14.4 Å². The number of nitrogens with one attached hydrogen (secondary N) is 2. The van der Waals surface area contributed by atoms with Crippen LogP contribution in [0.4, 0.5) is 10.5 Å². The van der Waals surface area contributed by atoms with Crippen LogP contribution in [0, 0.1) is 12.8 Å². The lowest BCUT2D eigenvalue weighted by Gasteiger charge is -2.15. The Hall–Kier alpha value is -4.13. The number of ether oxygens (including phenoxy) is 1. The van der Waals surface area contributed by atoms with Crippen molar-refractivity contribution in [2.45, 2.75) is 19.8 Å². The Morgan fingerprint density at radius 2 is 1.59 bits per heavy atom. The van der Waals surface area contributed by atoms with Crippen molar-refractivity contribution in [2.75, 3.05) is 18.5 Å². The maximum Gasteiger partial charge on any atom is 0.411 e. The molecule has 0 aliphatic heterocycles. The summed E-state index contributed by atoms with van der Waals surface area (Å²) in [5, 5.41) is 14.3. The van der Waals surface area contributed by atoms with Crippen LogP contribution in [0.15, 0.2) is 66.7 Å². The van der Waals surface area contributed by atoms with Gasteiger partial charge >= 0.3 is 12.1 Å². The van der Waals surface area contributed by atoms with E-state index in [2.05, 4.69) is 34.9 Å². The van der Waals surface area contributed by atoms with Gasteiger partial charge in [0.1, 0.15) is 6.61 Å². The summed E-state index contributed by atoms with van der Waals surface area (Å²) in [7, 11) is 0. The molecule has 0 saturated heterocycles. The van der Waals surface area contributed by atoms with Crippen LogP contribution < -0.4 is 10.6 Å². The van der Waals surface area contributed by atoms with Gasteiger partial charge < -0.3 is 15.2 Å². The zero-order valence-electron chi connectivity index (χ0n) is 19.0. The van der Waals surface area contributed by atoms with Crippen LogP contribution in [0.1, 0.15) is 39.9 Å². The quantitative estimate of drug-likeness (QED) is 0.471. The van der Waals surface area contributed by atoms with Crippen molar-refractivity contribution >= 4 is 23.7 Å². The topological polar surface area (TPSA) is 105 Å². The Kier molecular flexibility index (Phi) is 6.63. The summed E-state index contributed by atoms with van der Waals surface area (Å²) < 4.78 is 5.58. The summed E-state index contributed by atoms with van der Waals surface area (Å²) in [5.41, 5.74) is 6.21. The average molecular weight is 459 g/mol. The Morgan fingerprint density at radius 3 is 2.18 bits per heavy atom. The monoisotopic (exact) mass is 458 g/mol. The summed E-state index contributed by atoms with van der Waals surface area (Å²) >= 11 is 0. The van der Waals surface area contributed by atoms with Crippen LogP contribution in [-0.2, 0) is 9.53 Å². The smallest absolute Gasteiger partial charge is 0.411 e. The first kappa shape index (κ1) is 23.0. The van der Waals surface area contributed by atoms with Crippen molar-refractivity contribution in [3.05, 3.63) is 89.0 Å². The molecule has 3 N–H and O–H groups in total. The van der Waals surface area contributed by atoms with E-state index in [0.29, 0.717) is 16.8 Å². The molecule has 0 heterocycles. The van der Waals surface area contributed by atoms with Gasteiger partial charge in [0.05, 0.1) is 5.92 Å². The Balaban J connectivity index is 1.37. The number of fused-ring (bicyclic) bond motifs is 3. The fourth-order valence-corrected chi connectivity index (χ4v) is 4.12. The van der Waals surface area contributed by atoms with Crippen LogP contribution in [0.3, 0.4) is 0 Å². The van der Waals surface area contributed by atoms with E-state index in [0.717, 1.165) is 22.3 Å². The molecule has 34 heavy (non-hydrogen) atoms. The fourth-order valence-electron chi connectivity index (χ4n) is 4.12. The highest BCUT2D eigenvalue weighted by Crippen LogP contribution is 2.44. The van der Waals surface area contributed by atoms with E-state index in [4.69, 9.17) is 9.84 Å². The zero-order chi connectivity index (χ0) is 24.2. The molecule has 3 aromatic rings. The predicted octanol–water partition coefficient (Wildman–Crippen LogP) is 4.81. The predicted molar refractivity (Wildman–Crippen MR) is 129 cm³/mol. The molecule has 0 fully saturated rings. The first-order chi connectivity index (χ1) is 16.3. The standard InChI is InChI=1S/C27H26N2O5/c1-16-13-18(25(30)28-14-17(2)26(31)32)11-12-24(16)29-27(33)34-15-23-21-9-5-3-7-19(21)20-8-4-6-10-22(20)23/h3-13,17,23H,14-15H2,1-2H3,(H,28,30)(H,29,33)(H,31,32). The molecule has 3 aromatic carbocycles. The second kappa shape index (κ2) is 9.79. The largest absolute Gasteiger partial charge is 0.481 e. The summed E-state index contributed by atoms with van der Waals surface area (Å²) in [6.07, 6.45) is -0.572. The average Bonchev–Trinajstić information content (AvgIpc) is 3.16. The summed E-state index contributed by atoms with van der Waals surface area (Å²) in [6.45, 7) is 3.54. The molecule has 7 nitrogen and oxygen atoms in total. The molecule has 1 unspecified atom stereocenters. The maximum absolute atomic E-state index is 12.5. The Morgan fingerprint density at radius 1 is 0.971 bits per heavy atom. The molecule has 0 spiro atoms. The van der Waals surface area contributed by atoms with Gasteiger partial charge in [-0.05, 0) is 52.9 Å². The summed E-state index contributed by atoms with van der Waals surface area (Å²) in [5.74, 6) is -2.05. The van der Waals surface area contributed by atoms with Crippen molar-refractivity contribution in [1.82, 2.24) is 5.32 Å². The molecule has 4 rings (SSSR count). The minimum Gasteiger partial charge on any atom is -0.481 e. The van der Waals surface area contributed by atoms with Gasteiger partial charge in [0.2, 0.25) is 0 Å². The maximum atomic E-state index is 12.5. The number of hydrogen-bond donors (Lipinski definition) is 3. The normalized spacial score (nSPS) is 12.9. The van der Waals surface area contributed by atoms with E-state index in [1.54, 1.807) is 25.1 Å². The highest BCUT2D eigenvalue weighted by atomic mass is 16.5. The third-order valence-corrected chi connectivity index (χ3v) is 6.06. The third kappa shape index (κ3) is 4.78. The van der Waals surface area contributed by atoms with Crippen LogP contribution >= 0.6 is 0 Å². The van der Waals surface area contributed by atoms with Gasteiger partial charge in [0.15, 0.2) is 0 Å². The number of aryl methyl sites for hydroxylation is 1. The minimum absolute atomic E-state index is 0.0292. The minimum atomic E-state index is -0.973. The van der Waals surface area contributed by atoms with Crippen LogP contribution in [-0.4, -0.2) is 36.2 Å². The first-order valence-corrected chi connectivity index (χ1v) is 11.1. The molecule has 1 aliphatic rings. The molecule has 174 valence electrons. The molecule has 1 atom stereocenters. The highest BCUT2D eigenvalue weighted by molar-refractivity contribution is 5.96. The Bertz CT molecular complexity index is 1210. The van der Waals surface area contributed by atoms with Gasteiger partial charge in [-0.15, -0.1) is 0 Å². The number of carbonyl (C=O) groups is 3. The molecule has 1 aliphatic carbocycles. The summed E-state index contributed by atoms with van der Waals surface area (Å²) in [4.78, 5) is 35.7. The summed E-state index contributed by atoms with van der Waals surface area (Å²) in [6, 6.07) is 21.1. The number of amides is 2. The number of hydrogen-bond acceptors (Lipinski definition) is 4. The van der Waals surface area contributed by atoms with E-state index in [-0.39, 0.29) is 25.0 Å². The number of carboxylic acids is 1. The second-order valence-corrected chi connectivity index (χ2v) is 8.43. The van der Waals surface area contributed by atoms with Crippen LogP contribution in [0.25, 0.3) is 11.1 Å². The van der Waals surface area contributed by atoms with Crippen molar-refractivity contribution in [2.24, 2.45) is 5.92 Å². The van der Waals surface area contributed by atoms with Crippen molar-refractivity contribution < 1.29 is 24.2 Å². The fraction of sp³-hybridized carbons (Fsp3) is 0.222. The molecule has 0 bridgehead atoms. The van der Waals surface area contributed by atoms with Crippen molar-refractivity contribution in [3.63, 3.8) is 0 Å². The highest BCUT2D eigenvalue weighted by Gasteiger charge is 2.29.